The van der Waals surface area contributed by atoms with E-state index in [1.54, 1.807) is 18.7 Å². The molecule has 0 fully saturated rings. The van der Waals surface area contributed by atoms with Crippen molar-refractivity contribution in [3.8, 4) is 6.07 Å². The predicted octanol–water partition coefficient (Wildman–Crippen LogP) is 0.667. The first-order chi connectivity index (χ1) is 6.56. The maximum absolute atomic E-state index is 11.5. The molecule has 1 heterocycles. The van der Waals surface area contributed by atoms with Gasteiger partial charge in [0.2, 0.25) is 0 Å². The van der Waals surface area contributed by atoms with Gasteiger partial charge >= 0.3 is 0 Å². The summed E-state index contributed by atoms with van der Waals surface area (Å²) in [6.45, 7) is 1.63. The summed E-state index contributed by atoms with van der Waals surface area (Å²) in [5.74, 6) is -0.267. The number of carbonyl (C=O) groups is 1. The number of amides is 1. The van der Waals surface area contributed by atoms with Crippen LogP contribution in [0, 0.1) is 15.0 Å². The van der Waals surface area contributed by atoms with Crippen molar-refractivity contribution in [1.29, 1.82) is 5.26 Å². The number of aromatic nitrogens is 2. The van der Waals surface area contributed by atoms with E-state index in [0.717, 1.165) is 3.70 Å². The van der Waals surface area contributed by atoms with Gasteiger partial charge in [0, 0.05) is 7.05 Å². The van der Waals surface area contributed by atoms with E-state index in [1.807, 2.05) is 28.7 Å². The molecule has 0 aliphatic rings. The van der Waals surface area contributed by atoms with Crippen LogP contribution in [-0.4, -0.2) is 21.7 Å². The maximum atomic E-state index is 11.5. The standard InChI is InChI=1S/C8H9IN4O/c1-5(3-10)12-8(14)6-4-11-13(2)7(6)9/h4-5H,1-2H3,(H,12,14). The number of nitrogens with one attached hydrogen (secondary N) is 1. The Labute approximate surface area is 95.2 Å². The fourth-order valence-electron chi connectivity index (χ4n) is 0.882. The number of carbonyl (C=O) groups excluding carboxylic acids is 1. The lowest BCUT2D eigenvalue weighted by molar-refractivity contribution is 0.0947. The zero-order valence-electron chi connectivity index (χ0n) is 7.78. The van der Waals surface area contributed by atoms with Crippen molar-refractivity contribution in [2.45, 2.75) is 13.0 Å². The largest absolute Gasteiger partial charge is 0.336 e. The van der Waals surface area contributed by atoms with Gasteiger partial charge in [-0.05, 0) is 29.5 Å². The maximum Gasteiger partial charge on any atom is 0.256 e. The highest BCUT2D eigenvalue weighted by Crippen LogP contribution is 2.09. The Hall–Kier alpha value is -1.10. The first-order valence-electron chi connectivity index (χ1n) is 3.94. The van der Waals surface area contributed by atoms with Gasteiger partial charge in [-0.3, -0.25) is 9.48 Å². The highest BCUT2D eigenvalue weighted by atomic mass is 127. The van der Waals surface area contributed by atoms with Crippen molar-refractivity contribution in [3.05, 3.63) is 15.5 Å². The summed E-state index contributed by atoms with van der Waals surface area (Å²) in [6, 6.07) is 1.44. The minimum Gasteiger partial charge on any atom is -0.336 e. The van der Waals surface area contributed by atoms with Gasteiger partial charge in [-0.15, -0.1) is 0 Å². The minimum absolute atomic E-state index is 0.267. The summed E-state index contributed by atoms with van der Waals surface area (Å²) >= 11 is 2.03. The second-order valence-electron chi connectivity index (χ2n) is 2.80. The van der Waals surface area contributed by atoms with Crippen molar-refractivity contribution in [2.24, 2.45) is 7.05 Å². The van der Waals surface area contributed by atoms with Gasteiger partial charge in [0.1, 0.15) is 9.74 Å². The van der Waals surface area contributed by atoms with Gasteiger partial charge in [-0.1, -0.05) is 0 Å². The Morgan fingerprint density at radius 3 is 2.93 bits per heavy atom. The molecule has 0 saturated carbocycles. The molecule has 74 valence electrons. The molecule has 0 aliphatic carbocycles. The van der Waals surface area contributed by atoms with E-state index in [-0.39, 0.29) is 5.91 Å². The summed E-state index contributed by atoms with van der Waals surface area (Å²) in [5.41, 5.74) is 0.496. The smallest absolute Gasteiger partial charge is 0.256 e. The van der Waals surface area contributed by atoms with Crippen LogP contribution in [0.25, 0.3) is 0 Å². The Bertz CT molecular complexity index is 393. The van der Waals surface area contributed by atoms with E-state index >= 15 is 0 Å². The Morgan fingerprint density at radius 1 is 1.86 bits per heavy atom. The molecule has 0 aliphatic heterocycles. The van der Waals surface area contributed by atoms with E-state index in [9.17, 15) is 4.79 Å². The number of rotatable bonds is 2. The summed E-state index contributed by atoms with van der Waals surface area (Å²) in [4.78, 5) is 11.5. The monoisotopic (exact) mass is 304 g/mol. The number of nitrogens with zero attached hydrogens (tertiary/aromatic N) is 3. The topological polar surface area (TPSA) is 70.7 Å². The molecule has 0 aromatic carbocycles. The quantitative estimate of drug-likeness (QED) is 0.816. The molecule has 1 amide bonds. The summed E-state index contributed by atoms with van der Waals surface area (Å²) < 4.78 is 2.36. The molecule has 1 aromatic rings. The molecule has 0 radical (unpaired) electrons. The van der Waals surface area contributed by atoms with Crippen molar-refractivity contribution in [2.75, 3.05) is 0 Å². The second kappa shape index (κ2) is 4.41. The van der Waals surface area contributed by atoms with Crippen LogP contribution in [0.1, 0.15) is 17.3 Å². The van der Waals surface area contributed by atoms with Crippen LogP contribution < -0.4 is 5.32 Å². The summed E-state index contributed by atoms with van der Waals surface area (Å²) in [6.07, 6.45) is 1.49. The van der Waals surface area contributed by atoms with Crippen LogP contribution >= 0.6 is 22.6 Å². The lowest BCUT2D eigenvalue weighted by Crippen LogP contribution is -2.31. The minimum atomic E-state index is -0.487. The van der Waals surface area contributed by atoms with Crippen molar-refractivity contribution in [3.63, 3.8) is 0 Å². The molecular formula is C8H9IN4O. The van der Waals surface area contributed by atoms with E-state index in [2.05, 4.69) is 10.4 Å². The predicted molar refractivity (Wildman–Crippen MR) is 58.5 cm³/mol. The Balaban J connectivity index is 2.81. The molecule has 5 nitrogen and oxygen atoms in total. The van der Waals surface area contributed by atoms with E-state index in [0.29, 0.717) is 5.56 Å². The summed E-state index contributed by atoms with van der Waals surface area (Å²) in [7, 11) is 1.76. The van der Waals surface area contributed by atoms with Gasteiger partial charge in [0.25, 0.3) is 5.91 Å². The van der Waals surface area contributed by atoms with Crippen molar-refractivity contribution in [1.82, 2.24) is 15.1 Å². The summed E-state index contributed by atoms with van der Waals surface area (Å²) in [5, 5.41) is 15.0. The zero-order chi connectivity index (χ0) is 10.7. The van der Waals surface area contributed by atoms with Gasteiger partial charge < -0.3 is 5.32 Å². The molecule has 1 N–H and O–H groups in total. The molecule has 0 saturated heterocycles. The van der Waals surface area contributed by atoms with Gasteiger partial charge in [0.15, 0.2) is 0 Å². The van der Waals surface area contributed by atoms with Crippen LogP contribution in [0.3, 0.4) is 0 Å². The van der Waals surface area contributed by atoms with E-state index in [1.165, 1.54) is 6.20 Å². The highest BCUT2D eigenvalue weighted by molar-refractivity contribution is 14.1. The number of hydrogen-bond acceptors (Lipinski definition) is 3. The number of aryl methyl sites for hydroxylation is 1. The van der Waals surface area contributed by atoms with E-state index in [4.69, 9.17) is 5.26 Å². The third-order valence-corrected chi connectivity index (χ3v) is 2.93. The van der Waals surface area contributed by atoms with E-state index < -0.39 is 6.04 Å². The average molecular weight is 304 g/mol. The van der Waals surface area contributed by atoms with Crippen LogP contribution in [-0.2, 0) is 7.05 Å². The normalized spacial score (nSPS) is 11.9. The second-order valence-corrected chi connectivity index (χ2v) is 3.82. The van der Waals surface area contributed by atoms with Crippen LogP contribution in [0.4, 0.5) is 0 Å². The lowest BCUT2D eigenvalue weighted by atomic mass is 10.3. The third kappa shape index (κ3) is 2.23. The molecule has 6 heteroatoms. The van der Waals surface area contributed by atoms with Gasteiger partial charge in [0.05, 0.1) is 17.8 Å². The van der Waals surface area contributed by atoms with Crippen molar-refractivity contribution >= 4 is 28.5 Å². The van der Waals surface area contributed by atoms with Gasteiger partial charge in [-0.25, -0.2) is 0 Å². The Kier molecular flexibility index (Phi) is 3.46. The Morgan fingerprint density at radius 2 is 2.50 bits per heavy atom. The highest BCUT2D eigenvalue weighted by Gasteiger charge is 2.15. The fourth-order valence-corrected chi connectivity index (χ4v) is 1.39. The van der Waals surface area contributed by atoms with Crippen LogP contribution in [0.15, 0.2) is 6.20 Å². The van der Waals surface area contributed by atoms with Crippen molar-refractivity contribution < 1.29 is 4.79 Å². The molecule has 0 spiro atoms. The number of nitriles is 1. The first kappa shape index (κ1) is 11.0. The molecule has 1 rings (SSSR count). The SMILES string of the molecule is CC(C#N)NC(=O)c1cnn(C)c1I. The van der Waals surface area contributed by atoms with Crippen LogP contribution in [0.5, 0.6) is 0 Å². The molecule has 1 aromatic heterocycles. The average Bonchev–Trinajstić information content (AvgIpc) is 2.47. The molecule has 0 bridgehead atoms. The number of halogens is 1. The molecule has 1 unspecified atom stereocenters. The molecule has 1 atom stereocenters. The van der Waals surface area contributed by atoms with Gasteiger partial charge in [-0.2, -0.15) is 10.4 Å². The van der Waals surface area contributed by atoms with Crippen LogP contribution in [0.2, 0.25) is 0 Å². The third-order valence-electron chi connectivity index (χ3n) is 1.65. The fraction of sp³-hybridized carbons (Fsp3) is 0.375. The lowest BCUT2D eigenvalue weighted by Gasteiger charge is -2.04. The molecule has 14 heavy (non-hydrogen) atoms. The number of hydrogen-bond donors (Lipinski definition) is 1. The zero-order valence-corrected chi connectivity index (χ0v) is 9.94. The first-order valence-corrected chi connectivity index (χ1v) is 5.02. The molecular weight excluding hydrogens is 295 g/mol.